The number of carbonyl (C=O) groups excluding carboxylic acids is 2. The van der Waals surface area contributed by atoms with E-state index in [9.17, 15) is 9.59 Å². The normalized spacial score (nSPS) is 22.9. The number of allylic oxidation sites excluding steroid dienone is 1. The highest BCUT2D eigenvalue weighted by molar-refractivity contribution is 5.81. The van der Waals surface area contributed by atoms with Crippen LogP contribution >= 0.6 is 0 Å². The quantitative estimate of drug-likeness (QED) is 0.736. The van der Waals surface area contributed by atoms with Crippen molar-refractivity contribution in [1.29, 1.82) is 0 Å². The molecule has 7 nitrogen and oxygen atoms in total. The molecule has 3 amide bonds. The largest absolute Gasteiger partial charge is 0.378 e. The smallest absolute Gasteiger partial charge is 0.320 e. The van der Waals surface area contributed by atoms with E-state index in [1.807, 2.05) is 16.7 Å². The number of hydrogen-bond acceptors (Lipinski definition) is 4. The van der Waals surface area contributed by atoms with Crippen LogP contribution in [0.15, 0.2) is 11.6 Å². The van der Waals surface area contributed by atoms with Crippen LogP contribution in [0.3, 0.4) is 0 Å². The summed E-state index contributed by atoms with van der Waals surface area (Å²) in [5.74, 6) is 0.0966. The number of nitrogens with zero attached hydrogens (tertiary/aromatic N) is 3. The highest BCUT2D eigenvalue weighted by Crippen LogP contribution is 2.19. The fourth-order valence-electron chi connectivity index (χ4n) is 4.05. The van der Waals surface area contributed by atoms with Gasteiger partial charge in [-0.1, -0.05) is 11.6 Å². The number of carbonyl (C=O) groups is 2. The molecule has 0 radical (unpaired) electrons. The van der Waals surface area contributed by atoms with Crippen molar-refractivity contribution in [2.45, 2.75) is 45.1 Å². The van der Waals surface area contributed by atoms with Gasteiger partial charge in [-0.3, -0.25) is 9.69 Å². The first-order valence-corrected chi connectivity index (χ1v) is 10.5. The molecule has 2 heterocycles. The SMILES string of the molecule is CC(C(=O)NCCC1=CCCCC1)N1CCN(C(=O)N2CCOCC2)CC1. The Morgan fingerprint density at radius 2 is 1.78 bits per heavy atom. The maximum absolute atomic E-state index is 12.5. The summed E-state index contributed by atoms with van der Waals surface area (Å²) >= 11 is 0. The second-order valence-electron chi connectivity index (χ2n) is 7.73. The van der Waals surface area contributed by atoms with E-state index in [1.54, 1.807) is 0 Å². The van der Waals surface area contributed by atoms with Gasteiger partial charge in [-0.2, -0.15) is 0 Å². The van der Waals surface area contributed by atoms with Crippen LogP contribution in [0.25, 0.3) is 0 Å². The highest BCUT2D eigenvalue weighted by Gasteiger charge is 2.29. The third-order valence-electron chi connectivity index (χ3n) is 5.92. The minimum atomic E-state index is -0.147. The van der Waals surface area contributed by atoms with Gasteiger partial charge in [0.2, 0.25) is 5.91 Å². The van der Waals surface area contributed by atoms with Crippen molar-refractivity contribution in [3.8, 4) is 0 Å². The minimum absolute atomic E-state index is 0.0966. The molecule has 1 unspecified atom stereocenters. The topological polar surface area (TPSA) is 65.1 Å². The number of piperazine rings is 1. The van der Waals surface area contributed by atoms with E-state index in [2.05, 4.69) is 16.3 Å². The molecular weight excluding hydrogens is 344 g/mol. The molecule has 0 spiro atoms. The lowest BCUT2D eigenvalue weighted by Crippen LogP contribution is -2.58. The zero-order chi connectivity index (χ0) is 19.1. The first-order valence-electron chi connectivity index (χ1n) is 10.5. The van der Waals surface area contributed by atoms with Gasteiger partial charge < -0.3 is 19.9 Å². The average Bonchev–Trinajstić information content (AvgIpc) is 2.74. The molecule has 2 saturated heterocycles. The molecule has 7 heteroatoms. The summed E-state index contributed by atoms with van der Waals surface area (Å²) in [5.41, 5.74) is 1.49. The van der Waals surface area contributed by atoms with Crippen LogP contribution in [0.4, 0.5) is 4.79 Å². The molecule has 0 aromatic heterocycles. The van der Waals surface area contributed by atoms with Crippen molar-refractivity contribution in [1.82, 2.24) is 20.0 Å². The number of rotatable bonds is 5. The minimum Gasteiger partial charge on any atom is -0.378 e. The molecule has 0 aromatic rings. The van der Waals surface area contributed by atoms with Gasteiger partial charge >= 0.3 is 6.03 Å². The Morgan fingerprint density at radius 1 is 1.07 bits per heavy atom. The lowest BCUT2D eigenvalue weighted by molar-refractivity contribution is -0.126. The molecule has 2 aliphatic heterocycles. The van der Waals surface area contributed by atoms with Crippen LogP contribution in [-0.2, 0) is 9.53 Å². The predicted molar refractivity (Wildman–Crippen MR) is 105 cm³/mol. The van der Waals surface area contributed by atoms with Crippen molar-refractivity contribution in [2.24, 2.45) is 0 Å². The van der Waals surface area contributed by atoms with E-state index >= 15 is 0 Å². The third kappa shape index (κ3) is 5.69. The monoisotopic (exact) mass is 378 g/mol. The Balaban J connectivity index is 1.37. The van der Waals surface area contributed by atoms with E-state index in [0.717, 1.165) is 26.1 Å². The van der Waals surface area contributed by atoms with E-state index in [1.165, 1.54) is 31.3 Å². The Bertz CT molecular complexity index is 537. The van der Waals surface area contributed by atoms with Crippen molar-refractivity contribution >= 4 is 11.9 Å². The summed E-state index contributed by atoms with van der Waals surface area (Å²) in [7, 11) is 0. The molecule has 27 heavy (non-hydrogen) atoms. The standard InChI is InChI=1S/C20H34N4O3/c1-17(19(25)21-8-7-18-5-3-2-4-6-18)22-9-11-23(12-10-22)20(26)24-13-15-27-16-14-24/h5,17H,2-4,6-16H2,1H3,(H,21,25). The number of ether oxygens (including phenoxy) is 1. The Morgan fingerprint density at radius 3 is 2.44 bits per heavy atom. The van der Waals surface area contributed by atoms with Gasteiger partial charge in [0, 0.05) is 45.8 Å². The Hall–Kier alpha value is -1.60. The molecule has 2 fully saturated rings. The molecule has 0 saturated carbocycles. The number of morpholine rings is 1. The fraction of sp³-hybridized carbons (Fsp3) is 0.800. The molecule has 0 bridgehead atoms. The molecule has 0 aromatic carbocycles. The predicted octanol–water partition coefficient (Wildman–Crippen LogP) is 1.45. The number of nitrogens with one attached hydrogen (secondary N) is 1. The Labute approximate surface area is 162 Å². The van der Waals surface area contributed by atoms with Gasteiger partial charge in [-0.05, 0) is 39.0 Å². The number of urea groups is 1. The average molecular weight is 379 g/mol. The van der Waals surface area contributed by atoms with Gasteiger partial charge in [0.15, 0.2) is 0 Å². The van der Waals surface area contributed by atoms with Crippen molar-refractivity contribution in [2.75, 3.05) is 59.0 Å². The molecule has 1 N–H and O–H groups in total. The second kappa shape index (κ2) is 10.1. The summed E-state index contributed by atoms with van der Waals surface area (Å²) in [6.45, 7) is 8.15. The summed E-state index contributed by atoms with van der Waals surface area (Å²) < 4.78 is 5.31. The van der Waals surface area contributed by atoms with Gasteiger partial charge in [0.1, 0.15) is 0 Å². The maximum Gasteiger partial charge on any atom is 0.320 e. The molecular formula is C20H34N4O3. The molecule has 3 rings (SSSR count). The second-order valence-corrected chi connectivity index (χ2v) is 7.73. The zero-order valence-corrected chi connectivity index (χ0v) is 16.6. The summed E-state index contributed by atoms with van der Waals surface area (Å²) in [5, 5.41) is 3.09. The van der Waals surface area contributed by atoms with Crippen molar-refractivity contribution in [3.05, 3.63) is 11.6 Å². The van der Waals surface area contributed by atoms with Crippen molar-refractivity contribution < 1.29 is 14.3 Å². The number of amides is 3. The van der Waals surface area contributed by atoms with E-state index in [4.69, 9.17) is 4.74 Å². The summed E-state index contributed by atoms with van der Waals surface area (Å²) in [4.78, 5) is 31.0. The van der Waals surface area contributed by atoms with Crippen LogP contribution < -0.4 is 5.32 Å². The van der Waals surface area contributed by atoms with Gasteiger partial charge in [-0.15, -0.1) is 0 Å². The summed E-state index contributed by atoms with van der Waals surface area (Å²) in [6.07, 6.45) is 8.26. The van der Waals surface area contributed by atoms with Crippen LogP contribution in [0.1, 0.15) is 39.0 Å². The first-order chi connectivity index (χ1) is 13.1. The van der Waals surface area contributed by atoms with Crippen LogP contribution in [0, 0.1) is 0 Å². The summed E-state index contributed by atoms with van der Waals surface area (Å²) in [6, 6.07) is -0.0400. The highest BCUT2D eigenvalue weighted by atomic mass is 16.5. The fourth-order valence-corrected chi connectivity index (χ4v) is 4.05. The van der Waals surface area contributed by atoms with E-state index < -0.39 is 0 Å². The Kier molecular flexibility index (Phi) is 7.52. The van der Waals surface area contributed by atoms with E-state index in [0.29, 0.717) is 39.4 Å². The molecule has 152 valence electrons. The van der Waals surface area contributed by atoms with Crippen LogP contribution in [0.5, 0.6) is 0 Å². The number of hydrogen-bond donors (Lipinski definition) is 1. The van der Waals surface area contributed by atoms with Crippen LogP contribution in [-0.4, -0.2) is 91.7 Å². The van der Waals surface area contributed by atoms with Crippen LogP contribution in [0.2, 0.25) is 0 Å². The van der Waals surface area contributed by atoms with Gasteiger partial charge in [-0.25, -0.2) is 4.79 Å². The third-order valence-corrected chi connectivity index (χ3v) is 5.92. The van der Waals surface area contributed by atoms with E-state index in [-0.39, 0.29) is 18.0 Å². The molecule has 3 aliphatic rings. The first kappa shape index (κ1) is 20.1. The zero-order valence-electron chi connectivity index (χ0n) is 16.6. The lowest BCUT2D eigenvalue weighted by atomic mass is 9.97. The molecule has 1 aliphatic carbocycles. The molecule has 1 atom stereocenters. The van der Waals surface area contributed by atoms with Gasteiger partial charge in [0.25, 0.3) is 0 Å². The lowest BCUT2D eigenvalue weighted by Gasteiger charge is -2.40. The van der Waals surface area contributed by atoms with Crippen molar-refractivity contribution in [3.63, 3.8) is 0 Å². The maximum atomic E-state index is 12.5. The van der Waals surface area contributed by atoms with Gasteiger partial charge in [0.05, 0.1) is 19.3 Å².